The fourth-order valence-electron chi connectivity index (χ4n) is 1.06. The molecule has 72 valence electrons. The van der Waals surface area contributed by atoms with Crippen molar-refractivity contribution in [1.29, 1.82) is 5.26 Å². The highest BCUT2D eigenvalue weighted by atomic mass is 35.5. The van der Waals surface area contributed by atoms with Gasteiger partial charge in [0.2, 0.25) is 0 Å². The van der Waals surface area contributed by atoms with E-state index in [1.54, 1.807) is 6.92 Å². The van der Waals surface area contributed by atoms with Gasteiger partial charge in [-0.1, -0.05) is 11.6 Å². The summed E-state index contributed by atoms with van der Waals surface area (Å²) in [7, 11) is 0. The largest absolute Gasteiger partial charge is 0.491 e. The van der Waals surface area contributed by atoms with Crippen LogP contribution < -0.4 is 4.74 Å². The highest BCUT2D eigenvalue weighted by Crippen LogP contribution is 2.29. The van der Waals surface area contributed by atoms with Crippen molar-refractivity contribution < 1.29 is 9.53 Å². The summed E-state index contributed by atoms with van der Waals surface area (Å²) < 4.78 is 5.19. The van der Waals surface area contributed by atoms with Crippen molar-refractivity contribution in [1.82, 2.24) is 0 Å². The molecule has 0 saturated heterocycles. The Morgan fingerprint density at radius 2 is 2.36 bits per heavy atom. The summed E-state index contributed by atoms with van der Waals surface area (Å²) >= 11 is 5.84. The molecule has 14 heavy (non-hydrogen) atoms. The van der Waals surface area contributed by atoms with Crippen LogP contribution in [0.25, 0.3) is 0 Å². The first-order chi connectivity index (χ1) is 6.72. The third-order valence-electron chi connectivity index (χ3n) is 1.61. The summed E-state index contributed by atoms with van der Waals surface area (Å²) in [5.74, 6) is 0.335. The Labute approximate surface area is 86.9 Å². The van der Waals surface area contributed by atoms with E-state index in [1.165, 1.54) is 12.1 Å². The van der Waals surface area contributed by atoms with Crippen LogP contribution in [0.15, 0.2) is 12.1 Å². The molecule has 0 unspecified atom stereocenters. The van der Waals surface area contributed by atoms with E-state index in [0.29, 0.717) is 24.2 Å². The summed E-state index contributed by atoms with van der Waals surface area (Å²) in [5, 5.41) is 9.07. The van der Waals surface area contributed by atoms with Crippen molar-refractivity contribution in [2.24, 2.45) is 0 Å². The van der Waals surface area contributed by atoms with E-state index in [9.17, 15) is 4.79 Å². The molecule has 0 fully saturated rings. The van der Waals surface area contributed by atoms with Crippen molar-refractivity contribution in [2.75, 3.05) is 6.61 Å². The molecule has 3 nitrogen and oxygen atoms in total. The molecular formula is C10H8ClNO2. The molecule has 0 spiro atoms. The van der Waals surface area contributed by atoms with Crippen molar-refractivity contribution in [3.05, 3.63) is 28.3 Å². The molecule has 0 N–H and O–H groups in total. The van der Waals surface area contributed by atoms with Gasteiger partial charge in [-0.15, -0.1) is 0 Å². The molecule has 0 amide bonds. The Balaban J connectivity index is 3.28. The third kappa shape index (κ3) is 2.04. The minimum Gasteiger partial charge on any atom is -0.491 e. The van der Waals surface area contributed by atoms with Crippen LogP contribution in [0.2, 0.25) is 5.02 Å². The summed E-state index contributed by atoms with van der Waals surface area (Å²) in [5.41, 5.74) is 0.649. The first-order valence-corrected chi connectivity index (χ1v) is 4.42. The summed E-state index contributed by atoms with van der Waals surface area (Å²) in [4.78, 5) is 10.5. The number of carbonyl (C=O) groups is 1. The van der Waals surface area contributed by atoms with E-state index in [2.05, 4.69) is 0 Å². The van der Waals surface area contributed by atoms with Gasteiger partial charge >= 0.3 is 0 Å². The quantitative estimate of drug-likeness (QED) is 0.719. The normalized spacial score (nSPS) is 9.21. The summed E-state index contributed by atoms with van der Waals surface area (Å²) in [6, 6.07) is 4.85. The second-order valence-electron chi connectivity index (χ2n) is 2.54. The van der Waals surface area contributed by atoms with Crippen LogP contribution in [0.3, 0.4) is 0 Å². The van der Waals surface area contributed by atoms with E-state index in [4.69, 9.17) is 21.6 Å². The molecule has 1 aromatic rings. The van der Waals surface area contributed by atoms with Gasteiger partial charge in [0.1, 0.15) is 12.4 Å². The molecule has 0 bridgehead atoms. The fourth-order valence-corrected chi connectivity index (χ4v) is 1.34. The monoisotopic (exact) mass is 209 g/mol. The van der Waals surface area contributed by atoms with Crippen LogP contribution >= 0.6 is 11.6 Å². The average molecular weight is 210 g/mol. The van der Waals surface area contributed by atoms with Crippen LogP contribution in [0.4, 0.5) is 0 Å². The third-order valence-corrected chi connectivity index (χ3v) is 1.89. The molecule has 0 radical (unpaired) electrons. The Kier molecular flexibility index (Phi) is 3.49. The minimum atomic E-state index is 0.279. The number of carbonyl (C=O) groups excluding carboxylic acids is 1. The van der Waals surface area contributed by atoms with Crippen LogP contribution in [0, 0.1) is 11.3 Å². The van der Waals surface area contributed by atoms with Crippen molar-refractivity contribution >= 4 is 17.9 Å². The van der Waals surface area contributed by atoms with Crippen LogP contribution in [0.5, 0.6) is 5.75 Å². The first-order valence-electron chi connectivity index (χ1n) is 4.04. The Bertz CT molecular complexity index is 396. The van der Waals surface area contributed by atoms with E-state index in [1.807, 2.05) is 6.07 Å². The number of aldehydes is 1. The molecule has 1 aromatic carbocycles. The van der Waals surface area contributed by atoms with E-state index in [0.717, 1.165) is 0 Å². The van der Waals surface area contributed by atoms with Gasteiger partial charge in [0.05, 0.1) is 17.2 Å². The van der Waals surface area contributed by atoms with Crippen LogP contribution in [-0.4, -0.2) is 12.9 Å². The smallest absolute Gasteiger partial charge is 0.155 e. The zero-order valence-corrected chi connectivity index (χ0v) is 8.34. The Morgan fingerprint density at radius 3 is 2.86 bits per heavy atom. The van der Waals surface area contributed by atoms with Crippen molar-refractivity contribution in [3.8, 4) is 11.8 Å². The molecule has 0 aliphatic heterocycles. The van der Waals surface area contributed by atoms with E-state index >= 15 is 0 Å². The van der Waals surface area contributed by atoms with Crippen molar-refractivity contribution in [3.63, 3.8) is 0 Å². The standard InChI is InChI=1S/C10H8ClNO2/c1-2-14-10-8(5-12)3-7(6-13)4-9(10)11/h3-4,6H,2H2,1H3. The van der Waals surface area contributed by atoms with Gasteiger partial charge in [0, 0.05) is 5.56 Å². The zero-order valence-electron chi connectivity index (χ0n) is 7.58. The maximum absolute atomic E-state index is 10.5. The SMILES string of the molecule is CCOc1c(Cl)cc(C=O)cc1C#N. The number of benzene rings is 1. The zero-order chi connectivity index (χ0) is 10.6. The summed E-state index contributed by atoms with van der Waals surface area (Å²) in [6.45, 7) is 2.22. The Morgan fingerprint density at radius 1 is 1.64 bits per heavy atom. The lowest BCUT2D eigenvalue weighted by atomic mass is 10.1. The van der Waals surface area contributed by atoms with Gasteiger partial charge in [-0.05, 0) is 19.1 Å². The molecule has 0 aliphatic carbocycles. The Hall–Kier alpha value is -1.53. The van der Waals surface area contributed by atoms with Gasteiger partial charge in [0.15, 0.2) is 5.75 Å². The molecule has 0 saturated carbocycles. The molecule has 1 rings (SSSR count). The highest BCUT2D eigenvalue weighted by molar-refractivity contribution is 6.32. The van der Waals surface area contributed by atoms with Gasteiger partial charge in [-0.25, -0.2) is 0 Å². The molecule has 0 aromatic heterocycles. The number of hydrogen-bond acceptors (Lipinski definition) is 3. The second kappa shape index (κ2) is 4.64. The second-order valence-corrected chi connectivity index (χ2v) is 2.95. The van der Waals surface area contributed by atoms with Crippen LogP contribution in [0.1, 0.15) is 22.8 Å². The van der Waals surface area contributed by atoms with Gasteiger partial charge < -0.3 is 4.74 Å². The maximum atomic E-state index is 10.5. The van der Waals surface area contributed by atoms with Gasteiger partial charge in [-0.3, -0.25) is 4.79 Å². The predicted octanol–water partition coefficient (Wildman–Crippen LogP) is 2.42. The number of halogens is 1. The van der Waals surface area contributed by atoms with E-state index < -0.39 is 0 Å². The molecule has 0 aliphatic rings. The lowest BCUT2D eigenvalue weighted by Crippen LogP contribution is -1.96. The topological polar surface area (TPSA) is 50.1 Å². The fraction of sp³-hybridized carbons (Fsp3) is 0.200. The lowest BCUT2D eigenvalue weighted by molar-refractivity contribution is 0.112. The van der Waals surface area contributed by atoms with Crippen LogP contribution in [-0.2, 0) is 0 Å². The number of rotatable bonds is 3. The van der Waals surface area contributed by atoms with Gasteiger partial charge in [-0.2, -0.15) is 5.26 Å². The average Bonchev–Trinajstić information content (AvgIpc) is 2.20. The first kappa shape index (κ1) is 10.6. The van der Waals surface area contributed by atoms with Gasteiger partial charge in [0.25, 0.3) is 0 Å². The molecule has 0 atom stereocenters. The van der Waals surface area contributed by atoms with E-state index in [-0.39, 0.29) is 10.6 Å². The molecule has 4 heteroatoms. The minimum absolute atomic E-state index is 0.279. The maximum Gasteiger partial charge on any atom is 0.155 e. The number of nitrogens with zero attached hydrogens (tertiary/aromatic N) is 1. The lowest BCUT2D eigenvalue weighted by Gasteiger charge is -2.07. The predicted molar refractivity (Wildman–Crippen MR) is 52.7 cm³/mol. The van der Waals surface area contributed by atoms with Crippen molar-refractivity contribution in [2.45, 2.75) is 6.92 Å². The number of ether oxygens (including phenoxy) is 1. The molecule has 0 heterocycles. The molecular weight excluding hydrogens is 202 g/mol. The number of hydrogen-bond donors (Lipinski definition) is 0. The summed E-state index contributed by atoms with van der Waals surface area (Å²) in [6.07, 6.45) is 0.641. The number of nitriles is 1. The highest BCUT2D eigenvalue weighted by Gasteiger charge is 2.09.